The van der Waals surface area contributed by atoms with Gasteiger partial charge in [-0.3, -0.25) is 4.90 Å². The number of hydrogen-bond donors (Lipinski definition) is 0. The zero-order chi connectivity index (χ0) is 13.8. The first-order valence-corrected chi connectivity index (χ1v) is 7.14. The fourth-order valence-corrected chi connectivity index (χ4v) is 2.93. The molecule has 102 valence electrons. The zero-order valence-corrected chi connectivity index (χ0v) is 11.5. The maximum Gasteiger partial charge on any atom is 0.125 e. The first-order valence-electron chi connectivity index (χ1n) is 7.14. The number of likely N-dealkylation sites (tertiary alicyclic amines) is 1. The number of carbonyl (C=O) groups is 1. The molecule has 1 saturated heterocycles. The molecule has 0 aliphatic carbocycles. The van der Waals surface area contributed by atoms with Crippen molar-refractivity contribution < 1.29 is 4.79 Å². The van der Waals surface area contributed by atoms with Crippen LogP contribution in [0.15, 0.2) is 60.7 Å². The van der Waals surface area contributed by atoms with Crippen LogP contribution in [0, 0.1) is 5.92 Å². The van der Waals surface area contributed by atoms with E-state index in [1.807, 2.05) is 12.1 Å². The van der Waals surface area contributed by atoms with E-state index in [2.05, 4.69) is 53.4 Å². The summed E-state index contributed by atoms with van der Waals surface area (Å²) in [6.07, 6.45) is 2.08. The highest BCUT2D eigenvalue weighted by Gasteiger charge is 2.38. The van der Waals surface area contributed by atoms with Crippen LogP contribution in [-0.2, 0) is 17.8 Å². The second-order valence-corrected chi connectivity index (χ2v) is 5.47. The van der Waals surface area contributed by atoms with E-state index < -0.39 is 0 Å². The van der Waals surface area contributed by atoms with E-state index >= 15 is 0 Å². The largest absolute Gasteiger partial charge is 0.303 e. The van der Waals surface area contributed by atoms with Gasteiger partial charge < -0.3 is 4.79 Å². The quantitative estimate of drug-likeness (QED) is 0.775. The van der Waals surface area contributed by atoms with E-state index in [1.165, 1.54) is 11.1 Å². The number of aldehydes is 1. The average molecular weight is 265 g/mol. The molecule has 0 N–H and O–H groups in total. The van der Waals surface area contributed by atoms with Gasteiger partial charge >= 0.3 is 0 Å². The van der Waals surface area contributed by atoms with Gasteiger partial charge in [-0.1, -0.05) is 60.7 Å². The Kier molecular flexibility index (Phi) is 3.93. The SMILES string of the molecule is O=CC1CN(Cc2ccccc2)C1Cc1ccccc1. The normalized spacial score (nSPS) is 22.2. The molecule has 1 fully saturated rings. The van der Waals surface area contributed by atoms with E-state index in [4.69, 9.17) is 0 Å². The van der Waals surface area contributed by atoms with Gasteiger partial charge in [0, 0.05) is 25.0 Å². The predicted octanol–water partition coefficient (Wildman–Crippen LogP) is 2.93. The van der Waals surface area contributed by atoms with Crippen LogP contribution in [-0.4, -0.2) is 23.8 Å². The van der Waals surface area contributed by atoms with Gasteiger partial charge in [0.1, 0.15) is 6.29 Å². The van der Waals surface area contributed by atoms with Crippen LogP contribution in [0.3, 0.4) is 0 Å². The summed E-state index contributed by atoms with van der Waals surface area (Å²) in [4.78, 5) is 13.6. The van der Waals surface area contributed by atoms with Crippen molar-refractivity contribution >= 4 is 6.29 Å². The van der Waals surface area contributed by atoms with Gasteiger partial charge in [-0.05, 0) is 17.5 Å². The van der Waals surface area contributed by atoms with Crippen LogP contribution in [0.1, 0.15) is 11.1 Å². The number of hydrogen-bond acceptors (Lipinski definition) is 2. The van der Waals surface area contributed by atoms with E-state index in [1.54, 1.807) is 0 Å². The van der Waals surface area contributed by atoms with Crippen LogP contribution < -0.4 is 0 Å². The Hall–Kier alpha value is -1.93. The lowest BCUT2D eigenvalue weighted by atomic mass is 9.84. The molecule has 0 radical (unpaired) electrons. The van der Waals surface area contributed by atoms with Crippen molar-refractivity contribution in [2.24, 2.45) is 5.92 Å². The van der Waals surface area contributed by atoms with Crippen molar-refractivity contribution in [3.05, 3.63) is 71.8 Å². The van der Waals surface area contributed by atoms with E-state index in [-0.39, 0.29) is 5.92 Å². The maximum absolute atomic E-state index is 11.2. The third-order valence-corrected chi connectivity index (χ3v) is 4.10. The predicted molar refractivity (Wildman–Crippen MR) is 80.3 cm³/mol. The van der Waals surface area contributed by atoms with Gasteiger partial charge in [0.25, 0.3) is 0 Å². The maximum atomic E-state index is 11.2. The lowest BCUT2D eigenvalue weighted by molar-refractivity contribution is -0.120. The molecule has 2 unspecified atom stereocenters. The molecule has 0 amide bonds. The Morgan fingerprint density at radius 3 is 2.15 bits per heavy atom. The van der Waals surface area contributed by atoms with E-state index in [0.29, 0.717) is 6.04 Å². The lowest BCUT2D eigenvalue weighted by Gasteiger charge is -2.46. The first kappa shape index (κ1) is 13.1. The highest BCUT2D eigenvalue weighted by Crippen LogP contribution is 2.28. The van der Waals surface area contributed by atoms with Gasteiger partial charge in [0.05, 0.1) is 0 Å². The van der Waals surface area contributed by atoms with Gasteiger partial charge in [0.2, 0.25) is 0 Å². The fourth-order valence-electron chi connectivity index (χ4n) is 2.93. The third-order valence-electron chi connectivity index (χ3n) is 4.10. The van der Waals surface area contributed by atoms with Crippen molar-refractivity contribution in [1.82, 2.24) is 4.90 Å². The van der Waals surface area contributed by atoms with Gasteiger partial charge in [-0.25, -0.2) is 0 Å². The third kappa shape index (κ3) is 2.81. The number of benzene rings is 2. The van der Waals surface area contributed by atoms with Crippen molar-refractivity contribution in [2.75, 3.05) is 6.54 Å². The molecule has 0 spiro atoms. The Bertz CT molecular complexity index is 552. The van der Waals surface area contributed by atoms with E-state index in [0.717, 1.165) is 25.8 Å². The fraction of sp³-hybridized carbons (Fsp3) is 0.278. The minimum atomic E-state index is 0.180. The van der Waals surface area contributed by atoms with Crippen molar-refractivity contribution in [3.8, 4) is 0 Å². The summed E-state index contributed by atoms with van der Waals surface area (Å²) in [5.41, 5.74) is 2.62. The highest BCUT2D eigenvalue weighted by atomic mass is 16.1. The summed E-state index contributed by atoms with van der Waals surface area (Å²) < 4.78 is 0. The van der Waals surface area contributed by atoms with Gasteiger partial charge in [-0.15, -0.1) is 0 Å². The Balaban J connectivity index is 1.68. The topological polar surface area (TPSA) is 20.3 Å². The molecular formula is C18H19NO. The number of nitrogens with zero attached hydrogens (tertiary/aromatic N) is 1. The van der Waals surface area contributed by atoms with Crippen molar-refractivity contribution in [2.45, 2.75) is 19.0 Å². The molecular weight excluding hydrogens is 246 g/mol. The average Bonchev–Trinajstić information content (AvgIpc) is 2.51. The highest BCUT2D eigenvalue weighted by molar-refractivity contribution is 5.57. The zero-order valence-electron chi connectivity index (χ0n) is 11.5. The molecule has 1 heterocycles. The summed E-state index contributed by atoms with van der Waals surface area (Å²) in [5, 5.41) is 0. The van der Waals surface area contributed by atoms with Crippen molar-refractivity contribution in [1.29, 1.82) is 0 Å². The molecule has 0 bridgehead atoms. The summed E-state index contributed by atoms with van der Waals surface area (Å²) in [7, 11) is 0. The molecule has 2 aromatic rings. The molecule has 2 heteroatoms. The second-order valence-electron chi connectivity index (χ2n) is 5.47. The monoisotopic (exact) mass is 265 g/mol. The van der Waals surface area contributed by atoms with Crippen molar-refractivity contribution in [3.63, 3.8) is 0 Å². The molecule has 20 heavy (non-hydrogen) atoms. The van der Waals surface area contributed by atoms with Crippen LogP contribution in [0.5, 0.6) is 0 Å². The van der Waals surface area contributed by atoms with E-state index in [9.17, 15) is 4.79 Å². The molecule has 1 aliphatic rings. The molecule has 0 aromatic heterocycles. The molecule has 1 aliphatic heterocycles. The number of rotatable bonds is 5. The summed E-state index contributed by atoms with van der Waals surface area (Å²) in [5.74, 6) is 0.180. The minimum absolute atomic E-state index is 0.180. The Morgan fingerprint density at radius 1 is 0.950 bits per heavy atom. The summed E-state index contributed by atoms with van der Waals surface area (Å²) >= 11 is 0. The Labute approximate surface area is 120 Å². The van der Waals surface area contributed by atoms with Gasteiger partial charge in [0.15, 0.2) is 0 Å². The molecule has 2 aromatic carbocycles. The summed E-state index contributed by atoms with van der Waals surface area (Å²) in [6, 6.07) is 21.2. The molecule has 0 saturated carbocycles. The number of carbonyl (C=O) groups excluding carboxylic acids is 1. The standard InChI is InChI=1S/C18H19NO/c20-14-17-13-19(12-16-9-5-2-6-10-16)18(17)11-15-7-3-1-4-8-15/h1-10,14,17-18H,11-13H2. The smallest absolute Gasteiger partial charge is 0.125 e. The van der Waals surface area contributed by atoms with Crippen LogP contribution in [0.4, 0.5) is 0 Å². The summed E-state index contributed by atoms with van der Waals surface area (Å²) in [6.45, 7) is 1.82. The minimum Gasteiger partial charge on any atom is -0.303 e. The lowest BCUT2D eigenvalue weighted by Crippen LogP contribution is -2.57. The molecule has 3 rings (SSSR count). The van der Waals surface area contributed by atoms with Crippen LogP contribution in [0.2, 0.25) is 0 Å². The first-order chi connectivity index (χ1) is 9.86. The second kappa shape index (κ2) is 6.02. The Morgan fingerprint density at radius 2 is 1.55 bits per heavy atom. The molecule has 2 atom stereocenters. The van der Waals surface area contributed by atoms with Gasteiger partial charge in [-0.2, -0.15) is 0 Å². The van der Waals surface area contributed by atoms with Crippen LogP contribution >= 0.6 is 0 Å². The van der Waals surface area contributed by atoms with Crippen LogP contribution in [0.25, 0.3) is 0 Å². The molecule has 2 nitrogen and oxygen atoms in total.